The van der Waals surface area contributed by atoms with Crippen LogP contribution in [0.4, 0.5) is 19.0 Å². The zero-order valence-corrected chi connectivity index (χ0v) is 15.1. The van der Waals surface area contributed by atoms with Gasteiger partial charge in [-0.2, -0.15) is 13.2 Å². The van der Waals surface area contributed by atoms with Crippen molar-refractivity contribution in [3.8, 4) is 0 Å². The molecule has 1 aliphatic heterocycles. The highest BCUT2D eigenvalue weighted by atomic mass is 35.5. The van der Waals surface area contributed by atoms with Crippen LogP contribution >= 0.6 is 24.8 Å². The Labute approximate surface area is 157 Å². The molecular weight excluding hydrogens is 374 g/mol. The van der Waals surface area contributed by atoms with Crippen LogP contribution in [0.15, 0.2) is 30.3 Å². The van der Waals surface area contributed by atoms with Crippen molar-refractivity contribution in [2.75, 3.05) is 31.1 Å². The minimum Gasteiger partial charge on any atom is -0.354 e. The zero-order valence-electron chi connectivity index (χ0n) is 13.5. The van der Waals surface area contributed by atoms with Crippen molar-refractivity contribution in [2.24, 2.45) is 0 Å². The summed E-state index contributed by atoms with van der Waals surface area (Å²) in [6.45, 7) is 3.93. The van der Waals surface area contributed by atoms with Crippen molar-refractivity contribution in [2.45, 2.75) is 25.1 Å². The Morgan fingerprint density at radius 3 is 2.20 bits per heavy atom. The third-order valence-electron chi connectivity index (χ3n) is 4.70. The highest BCUT2D eigenvalue weighted by Crippen LogP contribution is 2.32. The van der Waals surface area contributed by atoms with E-state index >= 15 is 0 Å². The summed E-state index contributed by atoms with van der Waals surface area (Å²) in [5.41, 5.74) is -0.0160. The number of piperazine rings is 1. The first-order valence-corrected chi connectivity index (χ1v) is 7.98. The number of fused-ring (bicyclic) bond motifs is 1. The molecule has 4 rings (SSSR count). The summed E-state index contributed by atoms with van der Waals surface area (Å²) >= 11 is 0. The number of alkyl halides is 3. The van der Waals surface area contributed by atoms with Crippen LogP contribution in [-0.2, 0) is 6.18 Å². The van der Waals surface area contributed by atoms with Gasteiger partial charge in [0.15, 0.2) is 0 Å². The maximum absolute atomic E-state index is 12.8. The lowest BCUT2D eigenvalue weighted by molar-refractivity contribution is -0.137. The van der Waals surface area contributed by atoms with Crippen LogP contribution in [0.25, 0.3) is 10.9 Å². The van der Waals surface area contributed by atoms with Crippen LogP contribution in [0.3, 0.4) is 0 Å². The Balaban J connectivity index is 0.00000113. The van der Waals surface area contributed by atoms with Gasteiger partial charge in [0.1, 0.15) is 5.82 Å². The lowest BCUT2D eigenvalue weighted by Crippen LogP contribution is -2.47. The normalized spacial score (nSPS) is 18.6. The van der Waals surface area contributed by atoms with Crippen LogP contribution in [0.2, 0.25) is 0 Å². The number of nitrogens with zero attached hydrogens (tertiary/aromatic N) is 3. The fourth-order valence-electron chi connectivity index (χ4n) is 3.22. The van der Waals surface area contributed by atoms with Gasteiger partial charge in [0.2, 0.25) is 0 Å². The molecule has 0 spiro atoms. The second-order valence-corrected chi connectivity index (χ2v) is 6.33. The molecule has 0 bridgehead atoms. The van der Waals surface area contributed by atoms with Crippen LogP contribution in [0, 0.1) is 0 Å². The van der Waals surface area contributed by atoms with E-state index in [9.17, 15) is 13.2 Å². The molecule has 25 heavy (non-hydrogen) atoms. The van der Waals surface area contributed by atoms with Gasteiger partial charge >= 0.3 is 6.18 Å². The van der Waals surface area contributed by atoms with Crippen LogP contribution in [-0.4, -0.2) is 42.1 Å². The summed E-state index contributed by atoms with van der Waals surface area (Å²) in [6.07, 6.45) is -1.68. The van der Waals surface area contributed by atoms with Gasteiger partial charge in [-0.3, -0.25) is 4.90 Å². The van der Waals surface area contributed by atoms with Gasteiger partial charge in [0.05, 0.1) is 11.1 Å². The average Bonchev–Trinajstić information content (AvgIpc) is 3.38. The molecule has 2 aromatic rings. The number of hydrogen-bond donors (Lipinski definition) is 0. The molecule has 3 nitrogen and oxygen atoms in total. The van der Waals surface area contributed by atoms with Crippen molar-refractivity contribution >= 4 is 41.5 Å². The van der Waals surface area contributed by atoms with Crippen molar-refractivity contribution in [1.29, 1.82) is 0 Å². The van der Waals surface area contributed by atoms with E-state index in [0.29, 0.717) is 10.9 Å². The average molecular weight is 394 g/mol. The third-order valence-corrected chi connectivity index (χ3v) is 4.70. The molecule has 0 amide bonds. The molecule has 0 radical (unpaired) electrons. The summed E-state index contributed by atoms with van der Waals surface area (Å²) in [5, 5.41) is 0.528. The number of anilines is 1. The molecule has 1 aliphatic carbocycles. The standard InChI is InChI=1S/C17H18F3N3.2ClH/c18-17(19,20)13-2-5-15-12(11-13)1-6-16(21-15)23-9-7-22(8-10-23)14-3-4-14;;/h1-2,5-6,11,14H,3-4,7-10H2;2*1H. The summed E-state index contributed by atoms with van der Waals surface area (Å²) in [6, 6.07) is 8.07. The number of aromatic nitrogens is 1. The minimum absolute atomic E-state index is 0. The van der Waals surface area contributed by atoms with E-state index in [2.05, 4.69) is 14.8 Å². The van der Waals surface area contributed by atoms with Gasteiger partial charge < -0.3 is 4.90 Å². The Morgan fingerprint density at radius 1 is 0.920 bits per heavy atom. The first kappa shape index (κ1) is 20.1. The molecule has 0 N–H and O–H groups in total. The van der Waals surface area contributed by atoms with E-state index in [1.165, 1.54) is 18.9 Å². The maximum atomic E-state index is 12.8. The lowest BCUT2D eigenvalue weighted by atomic mass is 10.1. The monoisotopic (exact) mass is 393 g/mol. The smallest absolute Gasteiger partial charge is 0.354 e. The van der Waals surface area contributed by atoms with Crippen molar-refractivity contribution < 1.29 is 13.2 Å². The van der Waals surface area contributed by atoms with Crippen molar-refractivity contribution in [3.63, 3.8) is 0 Å². The van der Waals surface area contributed by atoms with Gasteiger partial charge in [0, 0.05) is 37.6 Å². The van der Waals surface area contributed by atoms with Crippen molar-refractivity contribution in [1.82, 2.24) is 9.88 Å². The molecule has 1 aromatic carbocycles. The maximum Gasteiger partial charge on any atom is 0.416 e. The van der Waals surface area contributed by atoms with E-state index in [-0.39, 0.29) is 24.8 Å². The SMILES string of the molecule is Cl.Cl.FC(F)(F)c1ccc2nc(N3CCN(C4CC4)CC3)ccc2c1. The molecular formula is C17H20Cl2F3N3. The van der Waals surface area contributed by atoms with Gasteiger partial charge in [-0.15, -0.1) is 24.8 Å². The molecule has 1 saturated heterocycles. The number of hydrogen-bond acceptors (Lipinski definition) is 3. The predicted molar refractivity (Wildman–Crippen MR) is 98.0 cm³/mol. The quantitative estimate of drug-likeness (QED) is 0.754. The molecule has 0 atom stereocenters. The topological polar surface area (TPSA) is 19.4 Å². The van der Waals surface area contributed by atoms with Crippen LogP contribution in [0.5, 0.6) is 0 Å². The Morgan fingerprint density at radius 2 is 1.60 bits per heavy atom. The first-order chi connectivity index (χ1) is 11.0. The van der Waals surface area contributed by atoms with Crippen LogP contribution in [0.1, 0.15) is 18.4 Å². The zero-order chi connectivity index (χ0) is 16.0. The Hall–Kier alpha value is -1.24. The summed E-state index contributed by atoms with van der Waals surface area (Å²) < 4.78 is 38.3. The fourth-order valence-corrected chi connectivity index (χ4v) is 3.22. The third kappa shape index (κ3) is 4.30. The summed E-state index contributed by atoms with van der Waals surface area (Å²) in [5.74, 6) is 0.854. The molecule has 1 saturated carbocycles. The Bertz CT molecular complexity index is 727. The largest absolute Gasteiger partial charge is 0.416 e. The molecule has 8 heteroatoms. The highest BCUT2D eigenvalue weighted by Gasteiger charge is 2.32. The number of halogens is 5. The first-order valence-electron chi connectivity index (χ1n) is 7.98. The molecule has 138 valence electrons. The second-order valence-electron chi connectivity index (χ2n) is 6.33. The van der Waals surface area contributed by atoms with E-state index < -0.39 is 11.7 Å². The van der Waals surface area contributed by atoms with Gasteiger partial charge in [-0.25, -0.2) is 4.98 Å². The summed E-state index contributed by atoms with van der Waals surface area (Å²) in [4.78, 5) is 9.29. The summed E-state index contributed by atoms with van der Waals surface area (Å²) in [7, 11) is 0. The predicted octanol–water partition coefficient (Wildman–Crippen LogP) is 4.38. The van der Waals surface area contributed by atoms with Gasteiger partial charge in [-0.05, 0) is 43.2 Å². The fraction of sp³-hybridized carbons (Fsp3) is 0.471. The molecule has 2 aliphatic rings. The second kappa shape index (κ2) is 7.56. The number of benzene rings is 1. The number of pyridine rings is 1. The van der Waals surface area contributed by atoms with E-state index in [4.69, 9.17) is 0 Å². The number of rotatable bonds is 2. The van der Waals surface area contributed by atoms with Gasteiger partial charge in [0.25, 0.3) is 0 Å². The molecule has 1 aromatic heterocycles. The van der Waals surface area contributed by atoms with Gasteiger partial charge in [-0.1, -0.05) is 0 Å². The van der Waals surface area contributed by atoms with Crippen molar-refractivity contribution in [3.05, 3.63) is 35.9 Å². The van der Waals surface area contributed by atoms with E-state index in [1.54, 1.807) is 6.07 Å². The molecule has 2 fully saturated rings. The highest BCUT2D eigenvalue weighted by molar-refractivity contribution is 5.85. The Kier molecular flexibility index (Phi) is 6.07. The van der Waals surface area contributed by atoms with Crippen LogP contribution < -0.4 is 4.90 Å². The molecule has 2 heterocycles. The van der Waals surface area contributed by atoms with E-state index in [1.807, 2.05) is 6.07 Å². The minimum atomic E-state index is -4.31. The van der Waals surface area contributed by atoms with E-state index in [0.717, 1.165) is 50.2 Å². The molecule has 0 unspecified atom stereocenters. The lowest BCUT2D eigenvalue weighted by Gasteiger charge is -2.35.